The highest BCUT2D eigenvalue weighted by Gasteiger charge is 2.38. The van der Waals surface area contributed by atoms with Crippen molar-refractivity contribution in [3.63, 3.8) is 0 Å². The molecule has 0 saturated heterocycles. The van der Waals surface area contributed by atoms with Crippen LogP contribution >= 0.6 is 0 Å². The molecule has 0 unspecified atom stereocenters. The molecule has 3 heteroatoms. The van der Waals surface area contributed by atoms with Crippen LogP contribution in [-0.4, -0.2) is 18.5 Å². The summed E-state index contributed by atoms with van der Waals surface area (Å²) in [6, 6.07) is 10.0. The van der Waals surface area contributed by atoms with Crippen molar-refractivity contribution in [3.8, 4) is 0 Å². The summed E-state index contributed by atoms with van der Waals surface area (Å²) in [5.74, 6) is 0.0300. The van der Waals surface area contributed by atoms with Crippen LogP contribution in [0.5, 0.6) is 0 Å². The maximum absolute atomic E-state index is 12.0. The van der Waals surface area contributed by atoms with Gasteiger partial charge in [0.05, 0.1) is 6.54 Å². The molecule has 0 radical (unpaired) electrons. The van der Waals surface area contributed by atoms with Crippen LogP contribution in [0, 0.1) is 10.8 Å². The van der Waals surface area contributed by atoms with Gasteiger partial charge in [0.2, 0.25) is 5.91 Å². The van der Waals surface area contributed by atoms with Crippen LogP contribution in [0.3, 0.4) is 0 Å². The number of rotatable bonds is 4. The van der Waals surface area contributed by atoms with Crippen molar-refractivity contribution in [1.82, 2.24) is 5.32 Å². The van der Waals surface area contributed by atoms with Crippen molar-refractivity contribution >= 4 is 11.6 Å². The Morgan fingerprint density at radius 3 is 2.24 bits per heavy atom. The first-order chi connectivity index (χ1) is 9.76. The zero-order valence-corrected chi connectivity index (χ0v) is 13.7. The number of nitrogens with one attached hydrogen (secondary N) is 2. The third-order valence-electron chi connectivity index (χ3n) is 4.16. The average molecular weight is 288 g/mol. The van der Waals surface area contributed by atoms with E-state index in [1.165, 1.54) is 6.42 Å². The number of benzene rings is 1. The topological polar surface area (TPSA) is 41.1 Å². The Labute approximate surface area is 128 Å². The van der Waals surface area contributed by atoms with Crippen LogP contribution in [0.25, 0.3) is 0 Å². The van der Waals surface area contributed by atoms with Crippen LogP contribution in [-0.2, 0) is 4.79 Å². The average Bonchev–Trinajstić information content (AvgIpc) is 2.34. The number of hydrogen-bond acceptors (Lipinski definition) is 2. The summed E-state index contributed by atoms with van der Waals surface area (Å²) in [5.41, 5.74) is 1.54. The van der Waals surface area contributed by atoms with Crippen LogP contribution in [0.1, 0.15) is 47.0 Å². The van der Waals surface area contributed by atoms with Gasteiger partial charge >= 0.3 is 0 Å². The van der Waals surface area contributed by atoms with Gasteiger partial charge in [-0.1, -0.05) is 45.9 Å². The van der Waals surface area contributed by atoms with Crippen molar-refractivity contribution in [2.75, 3.05) is 11.9 Å². The normalized spacial score (nSPS) is 21.0. The van der Waals surface area contributed by atoms with Gasteiger partial charge in [0.1, 0.15) is 0 Å². The Kier molecular flexibility index (Phi) is 4.72. The van der Waals surface area contributed by atoms with Crippen LogP contribution in [0.4, 0.5) is 5.69 Å². The zero-order valence-electron chi connectivity index (χ0n) is 13.7. The largest absolute Gasteiger partial charge is 0.325 e. The summed E-state index contributed by atoms with van der Waals surface area (Å²) in [7, 11) is 0. The van der Waals surface area contributed by atoms with Gasteiger partial charge in [-0.05, 0) is 42.2 Å². The number of carbonyl (C=O) groups is 1. The van der Waals surface area contributed by atoms with Gasteiger partial charge in [-0.25, -0.2) is 0 Å². The molecular weight excluding hydrogens is 260 g/mol. The van der Waals surface area contributed by atoms with Gasteiger partial charge in [-0.3, -0.25) is 4.79 Å². The van der Waals surface area contributed by atoms with E-state index in [4.69, 9.17) is 0 Å². The van der Waals surface area contributed by atoms with E-state index < -0.39 is 0 Å². The number of para-hydroxylation sites is 1. The minimum atomic E-state index is 0.0300. The monoisotopic (exact) mass is 288 g/mol. The molecule has 0 aliphatic heterocycles. The van der Waals surface area contributed by atoms with Crippen LogP contribution in [0.15, 0.2) is 30.3 Å². The molecule has 1 fully saturated rings. The quantitative estimate of drug-likeness (QED) is 0.884. The van der Waals surface area contributed by atoms with Gasteiger partial charge in [0.25, 0.3) is 0 Å². The predicted molar refractivity (Wildman–Crippen MR) is 88.3 cm³/mol. The lowest BCUT2D eigenvalue weighted by Gasteiger charge is -2.45. The van der Waals surface area contributed by atoms with Gasteiger partial charge < -0.3 is 10.6 Å². The maximum atomic E-state index is 12.0. The second kappa shape index (κ2) is 6.18. The lowest BCUT2D eigenvalue weighted by Crippen LogP contribution is -2.46. The van der Waals surface area contributed by atoms with Crippen LogP contribution < -0.4 is 10.6 Å². The molecule has 2 rings (SSSR count). The first-order valence-corrected chi connectivity index (χ1v) is 7.84. The smallest absolute Gasteiger partial charge is 0.238 e. The summed E-state index contributed by atoms with van der Waals surface area (Å²) in [6.07, 6.45) is 3.51. The standard InChI is InChI=1S/C18H28N2O/c1-17(2)10-15(11-18(3,4)13-17)19-12-16(21)20-14-8-6-5-7-9-14/h5-9,15,19H,10-13H2,1-4H3,(H,20,21). The molecule has 0 atom stereocenters. The van der Waals surface area contributed by atoms with E-state index in [1.54, 1.807) is 0 Å². The predicted octanol–water partition coefficient (Wildman–Crippen LogP) is 3.82. The van der Waals surface area contributed by atoms with Crippen LogP contribution in [0.2, 0.25) is 0 Å². The van der Waals surface area contributed by atoms with E-state index in [2.05, 4.69) is 38.3 Å². The molecule has 1 amide bonds. The Morgan fingerprint density at radius 2 is 1.67 bits per heavy atom. The van der Waals surface area contributed by atoms with Gasteiger partial charge in [0, 0.05) is 11.7 Å². The Bertz CT molecular complexity index is 463. The molecule has 0 heterocycles. The van der Waals surface area contributed by atoms with E-state index in [-0.39, 0.29) is 5.91 Å². The molecule has 1 aromatic rings. The summed E-state index contributed by atoms with van der Waals surface area (Å²) in [6.45, 7) is 9.68. The molecule has 2 N–H and O–H groups in total. The van der Waals surface area contributed by atoms with Gasteiger partial charge in [-0.15, -0.1) is 0 Å². The summed E-state index contributed by atoms with van der Waals surface area (Å²) >= 11 is 0. The molecule has 3 nitrogen and oxygen atoms in total. The number of hydrogen-bond donors (Lipinski definition) is 2. The highest BCUT2D eigenvalue weighted by Crippen LogP contribution is 2.45. The summed E-state index contributed by atoms with van der Waals surface area (Å²) in [5, 5.41) is 6.36. The molecular formula is C18H28N2O. The molecule has 0 spiro atoms. The number of carbonyl (C=O) groups excluding carboxylic acids is 1. The summed E-state index contributed by atoms with van der Waals surface area (Å²) < 4.78 is 0. The minimum Gasteiger partial charge on any atom is -0.325 e. The first-order valence-electron chi connectivity index (χ1n) is 7.84. The number of anilines is 1. The number of amides is 1. The van der Waals surface area contributed by atoms with Crippen molar-refractivity contribution in [1.29, 1.82) is 0 Å². The molecule has 1 aliphatic rings. The van der Waals surface area contributed by atoms with E-state index in [0.29, 0.717) is 23.4 Å². The fourth-order valence-corrected chi connectivity index (χ4v) is 3.95. The Hall–Kier alpha value is -1.35. The first kappa shape index (κ1) is 16.0. The molecule has 0 bridgehead atoms. The Morgan fingerprint density at radius 1 is 1.10 bits per heavy atom. The SMILES string of the molecule is CC1(C)CC(NCC(=O)Nc2ccccc2)CC(C)(C)C1. The second-order valence-corrected chi connectivity index (χ2v) is 7.91. The molecule has 0 aromatic heterocycles. The van der Waals surface area contributed by atoms with Crippen molar-refractivity contribution in [2.45, 2.75) is 53.0 Å². The molecule has 1 aliphatic carbocycles. The van der Waals surface area contributed by atoms with Crippen molar-refractivity contribution in [2.24, 2.45) is 10.8 Å². The third-order valence-corrected chi connectivity index (χ3v) is 4.16. The van der Waals surface area contributed by atoms with Crippen molar-refractivity contribution in [3.05, 3.63) is 30.3 Å². The van der Waals surface area contributed by atoms with Crippen molar-refractivity contribution < 1.29 is 4.79 Å². The maximum Gasteiger partial charge on any atom is 0.238 e. The van der Waals surface area contributed by atoms with E-state index >= 15 is 0 Å². The second-order valence-electron chi connectivity index (χ2n) is 7.91. The van der Waals surface area contributed by atoms with E-state index in [9.17, 15) is 4.79 Å². The van der Waals surface area contributed by atoms with Gasteiger partial charge in [-0.2, -0.15) is 0 Å². The highest BCUT2D eigenvalue weighted by molar-refractivity contribution is 5.92. The summed E-state index contributed by atoms with van der Waals surface area (Å²) in [4.78, 5) is 12.0. The molecule has 116 valence electrons. The molecule has 1 aromatic carbocycles. The fraction of sp³-hybridized carbons (Fsp3) is 0.611. The van der Waals surface area contributed by atoms with E-state index in [1.807, 2.05) is 30.3 Å². The molecule has 21 heavy (non-hydrogen) atoms. The lowest BCUT2D eigenvalue weighted by molar-refractivity contribution is -0.115. The Balaban J connectivity index is 1.83. The third kappa shape index (κ3) is 5.16. The minimum absolute atomic E-state index is 0.0300. The molecule has 1 saturated carbocycles. The lowest BCUT2D eigenvalue weighted by atomic mass is 9.63. The zero-order chi connectivity index (χ0) is 15.5. The van der Waals surface area contributed by atoms with E-state index in [0.717, 1.165) is 18.5 Å². The fourth-order valence-electron chi connectivity index (χ4n) is 3.95. The highest BCUT2D eigenvalue weighted by atomic mass is 16.1. The van der Waals surface area contributed by atoms with Gasteiger partial charge in [0.15, 0.2) is 0 Å².